The van der Waals surface area contributed by atoms with E-state index < -0.39 is 5.97 Å². The van der Waals surface area contributed by atoms with Crippen LogP contribution in [0.1, 0.15) is 6.92 Å². The molecular formula is C10H8Cl2O2. The highest BCUT2D eigenvalue weighted by Gasteiger charge is 2.07. The molecule has 1 rings (SSSR count). The third kappa shape index (κ3) is 2.76. The van der Waals surface area contributed by atoms with Gasteiger partial charge in [0, 0.05) is 6.08 Å². The van der Waals surface area contributed by atoms with Crippen LogP contribution in [-0.4, -0.2) is 5.97 Å². The van der Waals surface area contributed by atoms with Crippen LogP contribution in [0.2, 0.25) is 10.0 Å². The molecule has 0 radical (unpaired) electrons. The predicted molar refractivity (Wildman–Crippen MR) is 56.9 cm³/mol. The summed E-state index contributed by atoms with van der Waals surface area (Å²) in [6, 6.07) is 4.86. The molecule has 4 heteroatoms. The molecule has 74 valence electrons. The zero-order chi connectivity index (χ0) is 10.6. The highest BCUT2D eigenvalue weighted by molar-refractivity contribution is 6.43. The number of ether oxygens (including phenoxy) is 1. The molecule has 0 aliphatic rings. The average molecular weight is 231 g/mol. The molecule has 0 aliphatic carbocycles. The van der Waals surface area contributed by atoms with Gasteiger partial charge in [-0.05, 0) is 19.1 Å². The SMILES string of the molecule is CC=CC(=O)Oc1cccc(Cl)c1Cl. The first-order valence-electron chi connectivity index (χ1n) is 3.93. The maximum Gasteiger partial charge on any atom is 0.335 e. The molecule has 0 amide bonds. The van der Waals surface area contributed by atoms with Crippen LogP contribution in [0.4, 0.5) is 0 Å². The van der Waals surface area contributed by atoms with E-state index >= 15 is 0 Å². The van der Waals surface area contributed by atoms with Crippen LogP contribution < -0.4 is 4.74 Å². The van der Waals surface area contributed by atoms with Crippen molar-refractivity contribution in [3.8, 4) is 5.75 Å². The third-order valence-electron chi connectivity index (χ3n) is 1.43. The molecule has 2 nitrogen and oxygen atoms in total. The summed E-state index contributed by atoms with van der Waals surface area (Å²) in [6.45, 7) is 1.72. The minimum atomic E-state index is -0.475. The number of carbonyl (C=O) groups excluding carboxylic acids is 1. The van der Waals surface area contributed by atoms with Gasteiger partial charge in [0.1, 0.15) is 5.02 Å². The number of carbonyl (C=O) groups is 1. The molecule has 14 heavy (non-hydrogen) atoms. The fraction of sp³-hybridized carbons (Fsp3) is 0.100. The Morgan fingerprint density at radius 3 is 2.79 bits per heavy atom. The Morgan fingerprint density at radius 2 is 2.14 bits per heavy atom. The number of halogens is 2. The number of rotatable bonds is 2. The van der Waals surface area contributed by atoms with Crippen LogP contribution in [0.5, 0.6) is 5.75 Å². The molecule has 0 aliphatic heterocycles. The molecule has 0 heterocycles. The van der Waals surface area contributed by atoms with Crippen molar-refractivity contribution in [3.05, 3.63) is 40.4 Å². The lowest BCUT2D eigenvalue weighted by molar-refractivity contribution is -0.128. The van der Waals surface area contributed by atoms with Gasteiger partial charge in [-0.15, -0.1) is 0 Å². The predicted octanol–water partition coefficient (Wildman–Crippen LogP) is 3.47. The van der Waals surface area contributed by atoms with Crippen LogP contribution >= 0.6 is 23.2 Å². The van der Waals surface area contributed by atoms with E-state index in [0.717, 1.165) is 0 Å². The summed E-state index contributed by atoms with van der Waals surface area (Å²) < 4.78 is 4.92. The Kier molecular flexibility index (Phi) is 3.98. The first-order chi connectivity index (χ1) is 6.65. The van der Waals surface area contributed by atoms with Crippen LogP contribution in [0.25, 0.3) is 0 Å². The Labute approximate surface area is 92.1 Å². The second kappa shape index (κ2) is 5.03. The van der Waals surface area contributed by atoms with Crippen molar-refractivity contribution in [1.29, 1.82) is 0 Å². The van der Waals surface area contributed by atoms with Gasteiger partial charge in [0.25, 0.3) is 0 Å². The first-order valence-corrected chi connectivity index (χ1v) is 4.69. The first kappa shape index (κ1) is 11.1. The van der Waals surface area contributed by atoms with Gasteiger partial charge >= 0.3 is 5.97 Å². The number of hydrogen-bond acceptors (Lipinski definition) is 2. The van der Waals surface area contributed by atoms with Crippen LogP contribution in [0, 0.1) is 0 Å². The molecule has 0 fully saturated rings. The molecule has 0 aromatic heterocycles. The minimum Gasteiger partial charge on any atom is -0.422 e. The zero-order valence-electron chi connectivity index (χ0n) is 7.46. The molecule has 0 saturated carbocycles. The molecule has 0 spiro atoms. The Morgan fingerprint density at radius 1 is 1.43 bits per heavy atom. The average Bonchev–Trinajstić information content (AvgIpc) is 2.13. The van der Waals surface area contributed by atoms with E-state index in [1.807, 2.05) is 0 Å². The van der Waals surface area contributed by atoms with Crippen molar-refractivity contribution in [1.82, 2.24) is 0 Å². The standard InChI is InChI=1S/C10H8Cl2O2/c1-2-4-9(13)14-8-6-3-5-7(11)10(8)12/h2-6H,1H3. The van der Waals surface area contributed by atoms with Crippen molar-refractivity contribution in [2.45, 2.75) is 6.92 Å². The third-order valence-corrected chi connectivity index (χ3v) is 2.23. The van der Waals surface area contributed by atoms with Crippen molar-refractivity contribution in [3.63, 3.8) is 0 Å². The van der Waals surface area contributed by atoms with Gasteiger partial charge in [-0.25, -0.2) is 4.79 Å². The van der Waals surface area contributed by atoms with Crippen molar-refractivity contribution in [2.75, 3.05) is 0 Å². The van der Waals surface area contributed by atoms with Crippen molar-refractivity contribution in [2.24, 2.45) is 0 Å². The van der Waals surface area contributed by atoms with E-state index in [9.17, 15) is 4.79 Å². The highest BCUT2D eigenvalue weighted by atomic mass is 35.5. The van der Waals surface area contributed by atoms with E-state index in [1.54, 1.807) is 31.2 Å². The maximum atomic E-state index is 11.1. The molecule has 0 bridgehead atoms. The summed E-state index contributed by atoms with van der Waals surface area (Å²) >= 11 is 11.5. The van der Waals surface area contributed by atoms with Gasteiger partial charge in [0.2, 0.25) is 0 Å². The number of esters is 1. The van der Waals surface area contributed by atoms with E-state index in [4.69, 9.17) is 27.9 Å². The minimum absolute atomic E-state index is 0.243. The Bertz CT molecular complexity index is 372. The lowest BCUT2D eigenvalue weighted by Crippen LogP contribution is -2.03. The van der Waals surface area contributed by atoms with Gasteiger partial charge in [-0.2, -0.15) is 0 Å². The summed E-state index contributed by atoms with van der Waals surface area (Å²) in [5.41, 5.74) is 0. The summed E-state index contributed by atoms with van der Waals surface area (Å²) in [7, 11) is 0. The smallest absolute Gasteiger partial charge is 0.335 e. The summed E-state index contributed by atoms with van der Waals surface area (Å²) in [5.74, 6) is -0.209. The monoisotopic (exact) mass is 230 g/mol. The van der Waals surface area contributed by atoms with Crippen LogP contribution in [-0.2, 0) is 4.79 Å². The van der Waals surface area contributed by atoms with Gasteiger partial charge in [-0.3, -0.25) is 0 Å². The fourth-order valence-corrected chi connectivity index (χ4v) is 1.17. The molecule has 0 atom stereocenters. The maximum absolute atomic E-state index is 11.1. The number of allylic oxidation sites excluding steroid dienone is 1. The second-order valence-corrected chi connectivity index (χ2v) is 3.26. The van der Waals surface area contributed by atoms with Gasteiger partial charge in [0.15, 0.2) is 5.75 Å². The summed E-state index contributed by atoms with van der Waals surface area (Å²) in [4.78, 5) is 11.1. The summed E-state index contributed by atoms with van der Waals surface area (Å²) in [5, 5.41) is 0.601. The summed E-state index contributed by atoms with van der Waals surface area (Å²) in [6.07, 6.45) is 2.89. The zero-order valence-corrected chi connectivity index (χ0v) is 8.97. The van der Waals surface area contributed by atoms with Crippen molar-refractivity contribution < 1.29 is 9.53 Å². The van der Waals surface area contributed by atoms with Gasteiger partial charge < -0.3 is 4.74 Å². The molecule has 0 saturated heterocycles. The molecule has 1 aromatic carbocycles. The molecule has 0 unspecified atom stereocenters. The van der Waals surface area contributed by atoms with Gasteiger partial charge in [-0.1, -0.05) is 35.3 Å². The molecular weight excluding hydrogens is 223 g/mol. The number of benzene rings is 1. The molecule has 1 aromatic rings. The van der Waals surface area contributed by atoms with E-state index in [1.165, 1.54) is 6.08 Å². The lowest BCUT2D eigenvalue weighted by Gasteiger charge is -2.04. The lowest BCUT2D eigenvalue weighted by atomic mass is 10.3. The number of hydrogen-bond donors (Lipinski definition) is 0. The Hall–Kier alpha value is -0.990. The van der Waals surface area contributed by atoms with Gasteiger partial charge in [0.05, 0.1) is 5.02 Å². The molecule has 0 N–H and O–H groups in total. The van der Waals surface area contributed by atoms with Crippen LogP contribution in [0.3, 0.4) is 0 Å². The van der Waals surface area contributed by atoms with Crippen LogP contribution in [0.15, 0.2) is 30.4 Å². The van der Waals surface area contributed by atoms with E-state index in [-0.39, 0.29) is 10.8 Å². The fourth-order valence-electron chi connectivity index (χ4n) is 0.841. The largest absolute Gasteiger partial charge is 0.422 e. The van der Waals surface area contributed by atoms with Crippen molar-refractivity contribution >= 4 is 29.2 Å². The normalized spacial score (nSPS) is 10.5. The van der Waals surface area contributed by atoms with E-state index in [0.29, 0.717) is 5.02 Å². The quantitative estimate of drug-likeness (QED) is 0.442. The topological polar surface area (TPSA) is 26.3 Å². The second-order valence-electron chi connectivity index (χ2n) is 2.47. The highest BCUT2D eigenvalue weighted by Crippen LogP contribution is 2.31. The Balaban J connectivity index is 2.87. The van der Waals surface area contributed by atoms with E-state index in [2.05, 4.69) is 0 Å².